The Bertz CT molecular complexity index is 442. The van der Waals surface area contributed by atoms with Crippen LogP contribution in [0.15, 0.2) is 4.52 Å². The Labute approximate surface area is 120 Å². The summed E-state index contributed by atoms with van der Waals surface area (Å²) in [5.74, 6) is 1.41. The van der Waals surface area contributed by atoms with E-state index < -0.39 is 0 Å². The Morgan fingerprint density at radius 3 is 2.50 bits per heavy atom. The van der Waals surface area contributed by atoms with E-state index in [1.165, 1.54) is 25.7 Å². The zero-order chi connectivity index (χ0) is 14.1. The first-order chi connectivity index (χ1) is 9.66. The van der Waals surface area contributed by atoms with Gasteiger partial charge in [0.25, 0.3) is 0 Å². The SMILES string of the molecule is CCOC1(c2noc(CC3(N)CCC3)n2)CCCCC1. The lowest BCUT2D eigenvalue weighted by atomic mass is 9.75. The molecule has 0 spiro atoms. The summed E-state index contributed by atoms with van der Waals surface area (Å²) in [4.78, 5) is 4.61. The van der Waals surface area contributed by atoms with Gasteiger partial charge in [-0.3, -0.25) is 0 Å². The molecule has 0 amide bonds. The number of hydrogen-bond donors (Lipinski definition) is 1. The summed E-state index contributed by atoms with van der Waals surface area (Å²) in [5, 5.41) is 4.21. The highest BCUT2D eigenvalue weighted by Crippen LogP contribution is 2.39. The lowest BCUT2D eigenvalue weighted by Crippen LogP contribution is -2.48. The molecule has 0 atom stereocenters. The van der Waals surface area contributed by atoms with Gasteiger partial charge in [-0.1, -0.05) is 24.4 Å². The van der Waals surface area contributed by atoms with Gasteiger partial charge in [0.15, 0.2) is 0 Å². The number of ether oxygens (including phenoxy) is 1. The average molecular weight is 279 g/mol. The summed E-state index contributed by atoms with van der Waals surface area (Å²) in [5.41, 5.74) is 5.82. The van der Waals surface area contributed by atoms with Crippen LogP contribution >= 0.6 is 0 Å². The molecule has 3 rings (SSSR count). The molecule has 2 N–H and O–H groups in total. The van der Waals surface area contributed by atoms with Crippen LogP contribution in [0.25, 0.3) is 0 Å². The van der Waals surface area contributed by atoms with Gasteiger partial charge >= 0.3 is 0 Å². The molecule has 20 heavy (non-hydrogen) atoms. The van der Waals surface area contributed by atoms with Gasteiger partial charge < -0.3 is 15.0 Å². The maximum absolute atomic E-state index is 6.26. The Morgan fingerprint density at radius 1 is 1.15 bits per heavy atom. The molecule has 0 aromatic carbocycles. The number of aromatic nitrogens is 2. The number of nitrogens with two attached hydrogens (primary N) is 1. The minimum atomic E-state index is -0.323. The van der Waals surface area contributed by atoms with Gasteiger partial charge in [0, 0.05) is 18.6 Å². The van der Waals surface area contributed by atoms with Crippen LogP contribution in [0.1, 0.15) is 70.0 Å². The molecule has 0 aliphatic heterocycles. The fourth-order valence-electron chi connectivity index (χ4n) is 3.45. The average Bonchev–Trinajstić information content (AvgIpc) is 2.87. The number of hydrogen-bond acceptors (Lipinski definition) is 5. The van der Waals surface area contributed by atoms with Gasteiger partial charge in [-0.05, 0) is 39.0 Å². The first kappa shape index (κ1) is 14.0. The van der Waals surface area contributed by atoms with E-state index in [1.54, 1.807) is 0 Å². The largest absolute Gasteiger partial charge is 0.367 e. The van der Waals surface area contributed by atoms with Crippen LogP contribution in [-0.2, 0) is 16.8 Å². The van der Waals surface area contributed by atoms with Crippen molar-refractivity contribution in [3.63, 3.8) is 0 Å². The second-order valence-electron chi connectivity index (χ2n) is 6.39. The monoisotopic (exact) mass is 279 g/mol. The molecule has 5 nitrogen and oxygen atoms in total. The molecule has 0 radical (unpaired) electrons. The summed E-state index contributed by atoms with van der Waals surface area (Å²) in [6.07, 6.45) is 9.62. The van der Waals surface area contributed by atoms with Crippen molar-refractivity contribution in [1.29, 1.82) is 0 Å². The first-order valence-electron chi connectivity index (χ1n) is 7.92. The quantitative estimate of drug-likeness (QED) is 0.897. The van der Waals surface area contributed by atoms with E-state index in [0.29, 0.717) is 18.9 Å². The fourth-order valence-corrected chi connectivity index (χ4v) is 3.45. The predicted octanol–water partition coefficient (Wildman–Crippen LogP) is 2.69. The molecule has 1 heterocycles. The molecule has 2 fully saturated rings. The molecule has 1 aromatic rings. The predicted molar refractivity (Wildman–Crippen MR) is 75.2 cm³/mol. The highest BCUT2D eigenvalue weighted by molar-refractivity contribution is 5.06. The lowest BCUT2D eigenvalue weighted by Gasteiger charge is -2.36. The van der Waals surface area contributed by atoms with E-state index in [-0.39, 0.29) is 11.1 Å². The first-order valence-corrected chi connectivity index (χ1v) is 7.92. The molecular weight excluding hydrogens is 254 g/mol. The van der Waals surface area contributed by atoms with Crippen LogP contribution in [0.2, 0.25) is 0 Å². The molecule has 2 saturated carbocycles. The Morgan fingerprint density at radius 2 is 1.90 bits per heavy atom. The molecule has 0 bridgehead atoms. The van der Waals surface area contributed by atoms with E-state index in [4.69, 9.17) is 15.0 Å². The molecule has 2 aliphatic rings. The van der Waals surface area contributed by atoms with E-state index >= 15 is 0 Å². The Hall–Kier alpha value is -0.940. The van der Waals surface area contributed by atoms with Crippen LogP contribution in [0.4, 0.5) is 0 Å². The molecular formula is C15H25N3O2. The van der Waals surface area contributed by atoms with Crippen molar-refractivity contribution < 1.29 is 9.26 Å². The van der Waals surface area contributed by atoms with Crippen LogP contribution < -0.4 is 5.73 Å². The fraction of sp³-hybridized carbons (Fsp3) is 0.867. The van der Waals surface area contributed by atoms with Gasteiger partial charge in [-0.25, -0.2) is 0 Å². The third-order valence-electron chi connectivity index (χ3n) is 4.81. The maximum Gasteiger partial charge on any atom is 0.228 e. The van der Waals surface area contributed by atoms with Gasteiger partial charge in [0.2, 0.25) is 11.7 Å². The van der Waals surface area contributed by atoms with E-state index in [1.807, 2.05) is 6.92 Å². The molecule has 5 heteroatoms. The minimum Gasteiger partial charge on any atom is -0.367 e. The highest BCUT2D eigenvalue weighted by Gasteiger charge is 2.40. The standard InChI is InChI=1S/C15H25N3O2/c1-2-19-15(9-4-3-5-10-15)13-17-12(20-18-13)11-14(16)7-6-8-14/h2-11,16H2,1H3. The molecule has 112 valence electrons. The minimum absolute atomic E-state index is 0.116. The third-order valence-corrected chi connectivity index (χ3v) is 4.81. The van der Waals surface area contributed by atoms with E-state index in [0.717, 1.165) is 31.5 Å². The third kappa shape index (κ3) is 2.61. The summed E-state index contributed by atoms with van der Waals surface area (Å²) in [7, 11) is 0. The van der Waals surface area contributed by atoms with Crippen LogP contribution in [0.5, 0.6) is 0 Å². The molecule has 1 aromatic heterocycles. The number of nitrogens with zero attached hydrogens (tertiary/aromatic N) is 2. The number of rotatable bonds is 5. The zero-order valence-corrected chi connectivity index (χ0v) is 12.4. The zero-order valence-electron chi connectivity index (χ0n) is 12.4. The van der Waals surface area contributed by atoms with Crippen molar-refractivity contribution in [2.24, 2.45) is 5.73 Å². The van der Waals surface area contributed by atoms with Gasteiger partial charge in [0.1, 0.15) is 5.60 Å². The Balaban J connectivity index is 1.76. The topological polar surface area (TPSA) is 74.2 Å². The normalized spacial score (nSPS) is 24.3. The molecule has 0 saturated heterocycles. The van der Waals surface area contributed by atoms with E-state index in [2.05, 4.69) is 10.1 Å². The van der Waals surface area contributed by atoms with Crippen molar-refractivity contribution in [1.82, 2.24) is 10.1 Å². The van der Waals surface area contributed by atoms with Crippen molar-refractivity contribution >= 4 is 0 Å². The van der Waals surface area contributed by atoms with Gasteiger partial charge in [-0.15, -0.1) is 0 Å². The van der Waals surface area contributed by atoms with Gasteiger partial charge in [0.05, 0.1) is 0 Å². The van der Waals surface area contributed by atoms with E-state index in [9.17, 15) is 0 Å². The van der Waals surface area contributed by atoms with Crippen molar-refractivity contribution in [2.45, 2.75) is 75.9 Å². The van der Waals surface area contributed by atoms with Crippen LogP contribution in [0, 0.1) is 0 Å². The summed E-state index contributed by atoms with van der Waals surface area (Å²) < 4.78 is 11.5. The molecule has 2 aliphatic carbocycles. The second kappa shape index (κ2) is 5.45. The second-order valence-corrected chi connectivity index (χ2v) is 6.39. The van der Waals surface area contributed by atoms with Crippen molar-refractivity contribution in [2.75, 3.05) is 6.61 Å². The summed E-state index contributed by atoms with van der Waals surface area (Å²) >= 11 is 0. The summed E-state index contributed by atoms with van der Waals surface area (Å²) in [6.45, 7) is 2.71. The Kier molecular flexibility index (Phi) is 3.82. The maximum atomic E-state index is 6.26. The van der Waals surface area contributed by atoms with Crippen molar-refractivity contribution in [3.05, 3.63) is 11.7 Å². The van der Waals surface area contributed by atoms with Crippen LogP contribution in [0.3, 0.4) is 0 Å². The van der Waals surface area contributed by atoms with Crippen LogP contribution in [-0.4, -0.2) is 22.3 Å². The lowest BCUT2D eigenvalue weighted by molar-refractivity contribution is -0.0777. The smallest absolute Gasteiger partial charge is 0.228 e. The van der Waals surface area contributed by atoms with Gasteiger partial charge in [-0.2, -0.15) is 4.98 Å². The molecule has 0 unspecified atom stereocenters. The highest BCUT2D eigenvalue weighted by atomic mass is 16.5. The van der Waals surface area contributed by atoms with Crippen molar-refractivity contribution in [3.8, 4) is 0 Å². The summed E-state index contributed by atoms with van der Waals surface area (Å²) in [6, 6.07) is 0.